The maximum atomic E-state index is 12.2. The largest absolute Gasteiger partial charge is 0.530 e. The van der Waals surface area contributed by atoms with E-state index in [1.54, 1.807) is 6.07 Å². The lowest BCUT2D eigenvalue weighted by Gasteiger charge is -2.28. The van der Waals surface area contributed by atoms with Gasteiger partial charge in [0.1, 0.15) is 23.9 Å². The van der Waals surface area contributed by atoms with Crippen LogP contribution in [0, 0.1) is 0 Å². The van der Waals surface area contributed by atoms with E-state index in [1.165, 1.54) is 14.2 Å². The van der Waals surface area contributed by atoms with Crippen LogP contribution in [-0.4, -0.2) is 43.7 Å². The highest BCUT2D eigenvalue weighted by atomic mass is 31.2. The number of carbonyl (C=O) groups excluding carboxylic acids is 3. The number of aliphatic hydroxyl groups is 1. The number of Topliss-reactive ketones (excluding diaryl/α,β-unsaturated/α-hetero) is 1. The van der Waals surface area contributed by atoms with E-state index in [2.05, 4.69) is 41.5 Å². The fraction of sp³-hybridized carbons (Fsp3) is 0.462. The number of carbonyl (C=O) groups is 3. The summed E-state index contributed by atoms with van der Waals surface area (Å²) in [5.41, 5.74) is 3.91. The van der Waals surface area contributed by atoms with Gasteiger partial charge in [0.2, 0.25) is 0 Å². The lowest BCUT2D eigenvalue weighted by molar-refractivity contribution is -0.140. The van der Waals surface area contributed by atoms with Crippen LogP contribution in [0.1, 0.15) is 95.7 Å². The number of hydrogen-bond donors (Lipinski definition) is 1. The highest BCUT2D eigenvalue weighted by Gasteiger charge is 2.30. The Balaban J connectivity index is 2.15. The van der Waals surface area contributed by atoms with Crippen molar-refractivity contribution in [3.63, 3.8) is 0 Å². The van der Waals surface area contributed by atoms with E-state index in [-0.39, 0.29) is 53.2 Å². The minimum atomic E-state index is -2.14. The number of ether oxygens (including phenoxy) is 2. The standard InChI is InChI=1S/C39H51O9P/c1-37(2,3)30-23-29(15-14-27(30)22-28(41)24-40)46-49(47-33-16-12-25(20-35(42)44-10)18-31(33)38(4,5)6)48-34-17-13-26(21-36(43)45-11)19-32(34)39(7,8)9/h12-19,23,40H,20-22,24H2,1-11H3. The van der Waals surface area contributed by atoms with Gasteiger partial charge in [-0.05, 0) is 62.8 Å². The molecular formula is C39H51O9P. The summed E-state index contributed by atoms with van der Waals surface area (Å²) in [6, 6.07) is 16.6. The van der Waals surface area contributed by atoms with E-state index >= 15 is 0 Å². The molecule has 0 aliphatic carbocycles. The summed E-state index contributed by atoms with van der Waals surface area (Å²) < 4.78 is 29.6. The first-order chi connectivity index (χ1) is 22.7. The molecule has 0 spiro atoms. The predicted octanol–water partition coefficient (Wildman–Crippen LogP) is 7.88. The number of hydrogen-bond acceptors (Lipinski definition) is 9. The van der Waals surface area contributed by atoms with Gasteiger partial charge in [0.25, 0.3) is 0 Å². The number of ketones is 1. The number of rotatable bonds is 13. The SMILES string of the molecule is COC(=O)Cc1ccc(OP(Oc2ccc(CC(=O)CO)c(C(C)(C)C)c2)Oc2ccc(CC(=O)OC)cc2C(C)(C)C)c(C(C)(C)C)c1. The smallest absolute Gasteiger partial charge is 0.469 e. The molecule has 49 heavy (non-hydrogen) atoms. The van der Waals surface area contributed by atoms with Crippen molar-refractivity contribution >= 4 is 26.3 Å². The van der Waals surface area contributed by atoms with Gasteiger partial charge >= 0.3 is 20.5 Å². The minimum absolute atomic E-state index is 0.102. The quantitative estimate of drug-likeness (QED) is 0.141. The summed E-state index contributed by atoms with van der Waals surface area (Å²) in [7, 11) is 0.584. The van der Waals surface area contributed by atoms with Crippen molar-refractivity contribution in [1.29, 1.82) is 0 Å². The zero-order valence-electron chi connectivity index (χ0n) is 30.7. The Bertz CT molecular complexity index is 1560. The van der Waals surface area contributed by atoms with Crippen molar-refractivity contribution < 1.29 is 42.5 Å². The fourth-order valence-corrected chi connectivity index (χ4v) is 6.26. The van der Waals surface area contributed by atoms with Gasteiger partial charge in [-0.3, -0.25) is 14.4 Å². The molecular weight excluding hydrogens is 643 g/mol. The van der Waals surface area contributed by atoms with Gasteiger partial charge in [0.15, 0.2) is 5.78 Å². The summed E-state index contributed by atoms with van der Waals surface area (Å²) >= 11 is 0. The van der Waals surface area contributed by atoms with Crippen molar-refractivity contribution in [3.05, 3.63) is 88.0 Å². The maximum Gasteiger partial charge on any atom is 0.530 e. The fourth-order valence-electron chi connectivity index (χ4n) is 5.22. The summed E-state index contributed by atoms with van der Waals surface area (Å²) in [6.45, 7) is 18.0. The van der Waals surface area contributed by atoms with Crippen LogP contribution in [0.3, 0.4) is 0 Å². The third-order valence-corrected chi connectivity index (χ3v) is 8.89. The van der Waals surface area contributed by atoms with E-state index in [0.29, 0.717) is 17.2 Å². The zero-order valence-corrected chi connectivity index (χ0v) is 31.6. The third kappa shape index (κ3) is 11.3. The molecule has 0 atom stereocenters. The van der Waals surface area contributed by atoms with Crippen LogP contribution in [0.25, 0.3) is 0 Å². The van der Waals surface area contributed by atoms with E-state index in [4.69, 9.17) is 23.0 Å². The average Bonchev–Trinajstić information content (AvgIpc) is 3.01. The van der Waals surface area contributed by atoms with Gasteiger partial charge in [0, 0.05) is 17.5 Å². The van der Waals surface area contributed by atoms with Gasteiger partial charge in [-0.2, -0.15) is 0 Å². The number of benzene rings is 3. The summed E-state index contributed by atoms with van der Waals surface area (Å²) in [6.07, 6.45) is 0.343. The van der Waals surface area contributed by atoms with Crippen molar-refractivity contribution in [3.8, 4) is 17.2 Å². The molecule has 0 saturated carbocycles. The number of aliphatic hydroxyl groups excluding tert-OH is 1. The predicted molar refractivity (Wildman–Crippen MR) is 191 cm³/mol. The first kappa shape index (κ1) is 39.5. The van der Waals surface area contributed by atoms with Crippen molar-refractivity contribution in [2.24, 2.45) is 0 Å². The van der Waals surface area contributed by atoms with Crippen molar-refractivity contribution in [2.75, 3.05) is 20.8 Å². The first-order valence-electron chi connectivity index (χ1n) is 16.3. The normalized spacial score (nSPS) is 12.0. The molecule has 0 aromatic heterocycles. The van der Waals surface area contributed by atoms with Crippen LogP contribution in [0.15, 0.2) is 54.6 Å². The van der Waals surface area contributed by atoms with Crippen LogP contribution in [-0.2, 0) is 59.4 Å². The highest BCUT2D eigenvalue weighted by Crippen LogP contribution is 2.48. The van der Waals surface area contributed by atoms with Crippen LogP contribution < -0.4 is 13.6 Å². The van der Waals surface area contributed by atoms with Gasteiger partial charge < -0.3 is 28.2 Å². The number of esters is 2. The summed E-state index contributed by atoms with van der Waals surface area (Å²) in [5.74, 6) is 0.596. The molecule has 3 rings (SSSR count). The molecule has 3 aromatic rings. The summed E-state index contributed by atoms with van der Waals surface area (Å²) in [5, 5.41) is 9.40. The Morgan fingerprint density at radius 2 is 1.04 bits per heavy atom. The Hall–Kier alpha value is -3.94. The average molecular weight is 695 g/mol. The summed E-state index contributed by atoms with van der Waals surface area (Å²) in [4.78, 5) is 36.3. The van der Waals surface area contributed by atoms with Crippen molar-refractivity contribution in [2.45, 2.75) is 97.8 Å². The number of methoxy groups -OCH3 is 2. The second-order valence-electron chi connectivity index (χ2n) is 15.1. The van der Waals surface area contributed by atoms with Crippen LogP contribution in [0.5, 0.6) is 17.2 Å². The van der Waals surface area contributed by atoms with Gasteiger partial charge in [-0.25, -0.2) is 0 Å². The lowest BCUT2D eigenvalue weighted by Crippen LogP contribution is -2.18. The molecule has 0 unspecified atom stereocenters. The molecule has 0 aliphatic heterocycles. The van der Waals surface area contributed by atoms with Gasteiger partial charge in [-0.1, -0.05) is 92.6 Å². The maximum absolute atomic E-state index is 12.2. The highest BCUT2D eigenvalue weighted by molar-refractivity contribution is 7.43. The van der Waals surface area contributed by atoms with E-state index in [1.807, 2.05) is 69.3 Å². The molecule has 0 amide bonds. The van der Waals surface area contributed by atoms with E-state index < -0.39 is 15.2 Å². The molecule has 0 fully saturated rings. The Labute approximate surface area is 292 Å². The molecule has 266 valence electrons. The Morgan fingerprint density at radius 1 is 0.592 bits per heavy atom. The molecule has 0 bridgehead atoms. The molecule has 0 saturated heterocycles. The second kappa shape index (κ2) is 16.2. The lowest BCUT2D eigenvalue weighted by atomic mass is 9.82. The minimum Gasteiger partial charge on any atom is -0.469 e. The molecule has 1 N–H and O–H groups in total. The zero-order chi connectivity index (χ0) is 36.7. The van der Waals surface area contributed by atoms with Crippen molar-refractivity contribution in [1.82, 2.24) is 0 Å². The van der Waals surface area contributed by atoms with E-state index in [0.717, 1.165) is 33.4 Å². The second-order valence-corrected chi connectivity index (χ2v) is 16.1. The van der Waals surface area contributed by atoms with Gasteiger partial charge in [-0.15, -0.1) is 0 Å². The molecule has 10 heteroatoms. The Kier molecular flexibility index (Phi) is 13.0. The van der Waals surface area contributed by atoms with Crippen LogP contribution in [0.2, 0.25) is 0 Å². The molecule has 0 heterocycles. The molecule has 9 nitrogen and oxygen atoms in total. The monoisotopic (exact) mass is 694 g/mol. The van der Waals surface area contributed by atoms with E-state index in [9.17, 15) is 19.5 Å². The third-order valence-electron chi connectivity index (χ3n) is 7.84. The Morgan fingerprint density at radius 3 is 1.43 bits per heavy atom. The topological polar surface area (TPSA) is 118 Å². The molecule has 0 radical (unpaired) electrons. The molecule has 3 aromatic carbocycles. The van der Waals surface area contributed by atoms with Crippen LogP contribution >= 0.6 is 8.60 Å². The van der Waals surface area contributed by atoms with Crippen LogP contribution in [0.4, 0.5) is 0 Å². The van der Waals surface area contributed by atoms with Gasteiger partial charge in [0.05, 0.1) is 27.1 Å². The first-order valence-corrected chi connectivity index (χ1v) is 17.3. The molecule has 0 aliphatic rings.